The van der Waals surface area contributed by atoms with E-state index in [1.807, 2.05) is 33.0 Å². The second kappa shape index (κ2) is 9.81. The Morgan fingerprint density at radius 1 is 0.833 bits per heavy atom. The van der Waals surface area contributed by atoms with Crippen molar-refractivity contribution >= 4 is 12.0 Å². The van der Waals surface area contributed by atoms with E-state index in [0.29, 0.717) is 46.6 Å². The molecular weight excluding hydrogens is 464 g/mol. The van der Waals surface area contributed by atoms with E-state index in [2.05, 4.69) is 10.2 Å². The molecule has 0 saturated carbocycles. The van der Waals surface area contributed by atoms with Gasteiger partial charge >= 0.3 is 0 Å². The van der Waals surface area contributed by atoms with Crippen molar-refractivity contribution in [1.82, 2.24) is 10.2 Å². The number of fused-ring (bicyclic) bond motifs is 4. The summed E-state index contributed by atoms with van der Waals surface area (Å²) < 4.78 is 34.4. The van der Waals surface area contributed by atoms with E-state index in [9.17, 15) is 4.79 Å². The molecule has 1 fully saturated rings. The van der Waals surface area contributed by atoms with Crippen molar-refractivity contribution in [3.8, 4) is 34.5 Å². The fourth-order valence-corrected chi connectivity index (χ4v) is 5.61. The first-order chi connectivity index (χ1) is 17.3. The Morgan fingerprint density at radius 3 is 1.97 bits per heavy atom. The lowest BCUT2D eigenvalue weighted by molar-refractivity contribution is -0.128. The number of benzene rings is 2. The molecular formula is C27H34N2O7. The molecule has 1 N–H and O–H groups in total. The number of nitrogens with one attached hydrogen (secondary N) is 1. The SMILES string of the molecule is COc1cc(/C=C2\NC(=O)[C@@H]3Cc4c(OC)c(C)c(OC)c(OC)c4[C@H]2N3C)c(OC)c(C)c1OC. The van der Waals surface area contributed by atoms with Crippen molar-refractivity contribution in [3.63, 3.8) is 0 Å². The molecule has 9 heteroatoms. The highest BCUT2D eigenvalue weighted by atomic mass is 16.5. The molecule has 0 unspecified atom stereocenters. The zero-order valence-corrected chi connectivity index (χ0v) is 22.3. The van der Waals surface area contributed by atoms with Gasteiger partial charge in [-0.25, -0.2) is 0 Å². The molecule has 0 aliphatic carbocycles. The number of likely N-dealkylation sites (N-methyl/N-ethyl adjacent to an activating group) is 1. The summed E-state index contributed by atoms with van der Waals surface area (Å²) in [5.74, 6) is 3.64. The molecule has 2 bridgehead atoms. The van der Waals surface area contributed by atoms with Crippen molar-refractivity contribution in [2.24, 2.45) is 0 Å². The van der Waals surface area contributed by atoms with Crippen LogP contribution in [0.25, 0.3) is 6.08 Å². The van der Waals surface area contributed by atoms with Crippen molar-refractivity contribution in [3.05, 3.63) is 39.6 Å². The average Bonchev–Trinajstić information content (AvgIpc) is 2.86. The van der Waals surface area contributed by atoms with Crippen molar-refractivity contribution in [1.29, 1.82) is 0 Å². The number of methoxy groups -OCH3 is 6. The van der Waals surface area contributed by atoms with Crippen LogP contribution >= 0.6 is 0 Å². The third kappa shape index (κ3) is 3.69. The van der Waals surface area contributed by atoms with Gasteiger partial charge in [0.15, 0.2) is 23.0 Å². The maximum Gasteiger partial charge on any atom is 0.241 e. The van der Waals surface area contributed by atoms with Gasteiger partial charge in [-0.15, -0.1) is 0 Å². The van der Waals surface area contributed by atoms with Crippen molar-refractivity contribution in [2.75, 3.05) is 49.7 Å². The fraction of sp³-hybridized carbons (Fsp3) is 0.444. The number of piperazine rings is 1. The summed E-state index contributed by atoms with van der Waals surface area (Å²) in [5, 5.41) is 3.13. The standard InChI is InChI=1S/C27H34N2O7/c1-13-22(32-5)15(11-19(31-4)24(13)34-7)10-17-21-20-16(12-18(29(21)3)27(30)28-17)23(33-6)14(2)25(35-8)26(20)36-9/h10-11,18,21H,12H2,1-9H3,(H,28,30)/b17-10-/t18-,21-/m0/s1. The van der Waals surface area contributed by atoms with Gasteiger partial charge < -0.3 is 33.7 Å². The molecule has 2 aliphatic rings. The minimum absolute atomic E-state index is 0.0868. The first-order valence-corrected chi connectivity index (χ1v) is 11.6. The van der Waals surface area contributed by atoms with Gasteiger partial charge in [-0.1, -0.05) is 0 Å². The molecule has 194 valence electrons. The summed E-state index contributed by atoms with van der Waals surface area (Å²) in [5.41, 5.74) is 4.89. The molecule has 0 radical (unpaired) electrons. The van der Waals surface area contributed by atoms with Gasteiger partial charge in [0.2, 0.25) is 5.91 Å². The van der Waals surface area contributed by atoms with Gasteiger partial charge in [0, 0.05) is 39.9 Å². The van der Waals surface area contributed by atoms with Crippen LogP contribution in [0.15, 0.2) is 11.8 Å². The predicted molar refractivity (Wildman–Crippen MR) is 136 cm³/mol. The van der Waals surface area contributed by atoms with E-state index in [1.54, 1.807) is 42.7 Å². The Kier molecular flexibility index (Phi) is 6.95. The number of carbonyl (C=O) groups is 1. The average molecular weight is 499 g/mol. The third-order valence-electron chi connectivity index (χ3n) is 7.17. The topological polar surface area (TPSA) is 87.7 Å². The number of nitrogens with zero attached hydrogens (tertiary/aromatic N) is 1. The lowest BCUT2D eigenvalue weighted by Gasteiger charge is -2.46. The fourth-order valence-electron chi connectivity index (χ4n) is 5.61. The molecule has 1 saturated heterocycles. The van der Waals surface area contributed by atoms with Crippen LogP contribution in [0.2, 0.25) is 0 Å². The Hall–Kier alpha value is -3.59. The molecule has 36 heavy (non-hydrogen) atoms. The number of hydrogen-bond acceptors (Lipinski definition) is 8. The predicted octanol–water partition coefficient (Wildman–Crippen LogP) is 3.42. The maximum atomic E-state index is 13.3. The second-order valence-corrected chi connectivity index (χ2v) is 8.85. The number of rotatable bonds is 7. The normalized spacial score (nSPS) is 19.9. The number of hydrogen-bond donors (Lipinski definition) is 1. The molecule has 2 aliphatic heterocycles. The van der Waals surface area contributed by atoms with E-state index >= 15 is 0 Å². The van der Waals surface area contributed by atoms with E-state index in [1.165, 1.54) is 0 Å². The third-order valence-corrected chi connectivity index (χ3v) is 7.17. The summed E-state index contributed by atoms with van der Waals surface area (Å²) in [6, 6.07) is 1.15. The van der Waals surface area contributed by atoms with Crippen LogP contribution in [0.1, 0.15) is 33.9 Å². The highest BCUT2D eigenvalue weighted by molar-refractivity contribution is 5.89. The van der Waals surface area contributed by atoms with Crippen LogP contribution in [0.4, 0.5) is 0 Å². The van der Waals surface area contributed by atoms with E-state index in [0.717, 1.165) is 27.8 Å². The van der Waals surface area contributed by atoms with E-state index in [4.69, 9.17) is 28.4 Å². The molecule has 2 aromatic rings. The molecule has 2 heterocycles. The molecule has 9 nitrogen and oxygen atoms in total. The summed E-state index contributed by atoms with van der Waals surface area (Å²) in [6.45, 7) is 3.84. The number of ether oxygens (including phenoxy) is 6. The molecule has 1 amide bonds. The van der Waals surface area contributed by atoms with Crippen LogP contribution in [0, 0.1) is 13.8 Å². The molecule has 0 spiro atoms. The van der Waals surface area contributed by atoms with Gasteiger partial charge in [-0.05, 0) is 33.0 Å². The Bertz CT molecular complexity index is 1240. The lowest BCUT2D eigenvalue weighted by Crippen LogP contribution is -2.57. The van der Waals surface area contributed by atoms with Gasteiger partial charge in [-0.3, -0.25) is 9.69 Å². The first-order valence-electron chi connectivity index (χ1n) is 11.6. The van der Waals surface area contributed by atoms with Crippen molar-refractivity contribution < 1.29 is 33.2 Å². The monoisotopic (exact) mass is 498 g/mol. The van der Waals surface area contributed by atoms with E-state index in [-0.39, 0.29) is 18.0 Å². The van der Waals surface area contributed by atoms with Crippen LogP contribution in [0.5, 0.6) is 34.5 Å². The molecule has 2 aromatic carbocycles. The van der Waals surface area contributed by atoms with Gasteiger partial charge in [0.25, 0.3) is 0 Å². The largest absolute Gasteiger partial charge is 0.496 e. The minimum Gasteiger partial charge on any atom is -0.496 e. The van der Waals surface area contributed by atoms with Crippen LogP contribution in [-0.4, -0.2) is 66.6 Å². The smallest absolute Gasteiger partial charge is 0.241 e. The number of amides is 1. The highest BCUT2D eigenvalue weighted by Crippen LogP contribution is 2.53. The second-order valence-electron chi connectivity index (χ2n) is 8.85. The van der Waals surface area contributed by atoms with Crippen molar-refractivity contribution in [2.45, 2.75) is 32.4 Å². The minimum atomic E-state index is -0.361. The summed E-state index contributed by atoms with van der Waals surface area (Å²) in [6.07, 6.45) is 2.40. The van der Waals surface area contributed by atoms with Crippen LogP contribution < -0.4 is 33.7 Å². The van der Waals surface area contributed by atoms with E-state index < -0.39 is 0 Å². The molecule has 2 atom stereocenters. The van der Waals surface area contributed by atoms with Crippen LogP contribution in [-0.2, 0) is 11.2 Å². The Balaban J connectivity index is 2.02. The lowest BCUT2D eigenvalue weighted by atomic mass is 9.81. The van der Waals surface area contributed by atoms with Gasteiger partial charge in [-0.2, -0.15) is 0 Å². The Morgan fingerprint density at radius 2 is 1.42 bits per heavy atom. The van der Waals surface area contributed by atoms with Crippen LogP contribution in [0.3, 0.4) is 0 Å². The summed E-state index contributed by atoms with van der Waals surface area (Å²) >= 11 is 0. The maximum absolute atomic E-state index is 13.3. The zero-order chi connectivity index (χ0) is 26.3. The molecule has 4 rings (SSSR count). The summed E-state index contributed by atoms with van der Waals surface area (Å²) in [4.78, 5) is 15.3. The van der Waals surface area contributed by atoms with Gasteiger partial charge in [0.1, 0.15) is 11.5 Å². The van der Waals surface area contributed by atoms with Gasteiger partial charge in [0.05, 0.1) is 54.7 Å². The number of carbonyl (C=O) groups excluding carboxylic acids is 1. The summed E-state index contributed by atoms with van der Waals surface area (Å²) in [7, 11) is 11.6. The Labute approximate surface area is 211 Å². The quantitative estimate of drug-likeness (QED) is 0.622. The zero-order valence-electron chi connectivity index (χ0n) is 22.3. The first kappa shape index (κ1) is 25.5. The molecule has 0 aromatic heterocycles. The highest BCUT2D eigenvalue weighted by Gasteiger charge is 2.46.